The van der Waals surface area contributed by atoms with E-state index in [0.717, 1.165) is 16.2 Å². The van der Waals surface area contributed by atoms with Crippen molar-refractivity contribution in [3.63, 3.8) is 0 Å². The molecule has 0 bridgehead atoms. The van der Waals surface area contributed by atoms with Gasteiger partial charge in [-0.3, -0.25) is 4.98 Å². The van der Waals surface area contributed by atoms with E-state index in [4.69, 9.17) is 34.8 Å². The van der Waals surface area contributed by atoms with Crippen molar-refractivity contribution < 1.29 is 0 Å². The minimum atomic E-state index is 0.520. The molecular weight excluding hydrogens is 375 g/mol. The molecule has 1 aromatic carbocycles. The van der Waals surface area contributed by atoms with Crippen molar-refractivity contribution in [3.8, 4) is 0 Å². The van der Waals surface area contributed by atoms with Gasteiger partial charge in [-0.15, -0.1) is 16.9 Å². The molecule has 3 aromatic rings. The lowest BCUT2D eigenvalue weighted by Crippen LogP contribution is -2.00. The predicted octanol–water partition coefficient (Wildman–Crippen LogP) is 4.97. The molecule has 0 aliphatic heterocycles. The number of halogens is 3. The maximum atomic E-state index is 6.18. The highest BCUT2D eigenvalue weighted by atomic mass is 35.5. The smallest absolute Gasteiger partial charge is 0.0929 e. The molecule has 0 unspecified atom stereocenters. The van der Waals surface area contributed by atoms with Crippen LogP contribution in [0.3, 0.4) is 0 Å². The number of rotatable bonds is 5. The Morgan fingerprint density at radius 3 is 2.61 bits per heavy atom. The van der Waals surface area contributed by atoms with Crippen molar-refractivity contribution in [3.05, 3.63) is 69.2 Å². The van der Waals surface area contributed by atoms with Gasteiger partial charge in [-0.25, -0.2) is 4.68 Å². The third kappa shape index (κ3) is 4.38. The van der Waals surface area contributed by atoms with Crippen molar-refractivity contribution in [1.29, 1.82) is 0 Å². The van der Waals surface area contributed by atoms with Crippen LogP contribution < -0.4 is 0 Å². The van der Waals surface area contributed by atoms with Crippen LogP contribution in [0.1, 0.15) is 11.3 Å². The fraction of sp³-hybridized carbons (Fsp3) is 0.133. The molecule has 0 saturated heterocycles. The van der Waals surface area contributed by atoms with E-state index in [0.29, 0.717) is 27.4 Å². The molecule has 23 heavy (non-hydrogen) atoms. The summed E-state index contributed by atoms with van der Waals surface area (Å²) in [5.41, 5.74) is 1.92. The number of pyridine rings is 1. The zero-order valence-corrected chi connectivity index (χ0v) is 14.9. The minimum absolute atomic E-state index is 0.520. The third-order valence-corrected chi connectivity index (χ3v) is 5.19. The van der Waals surface area contributed by atoms with E-state index in [9.17, 15) is 0 Å². The first-order valence-corrected chi connectivity index (χ1v) is 8.79. The van der Waals surface area contributed by atoms with Gasteiger partial charge in [-0.05, 0) is 23.8 Å². The standard InChI is InChI=1S/C15H11Cl3N4S/c16-11-4-13(17)15(14(18)5-11)23-9-12-8-22(21-20-12)7-10-2-1-3-19-6-10/h1-6,8H,7,9H2. The number of thioether (sulfide) groups is 1. The average Bonchev–Trinajstić information content (AvgIpc) is 2.94. The Hall–Kier alpha value is -1.27. The fourth-order valence-corrected chi connectivity index (χ4v) is 3.94. The summed E-state index contributed by atoms with van der Waals surface area (Å²) >= 11 is 19.8. The summed E-state index contributed by atoms with van der Waals surface area (Å²) in [6, 6.07) is 7.25. The maximum Gasteiger partial charge on any atom is 0.0929 e. The molecule has 0 fully saturated rings. The van der Waals surface area contributed by atoms with Gasteiger partial charge in [0, 0.05) is 34.3 Å². The summed E-state index contributed by atoms with van der Waals surface area (Å²) in [5.74, 6) is 0.619. The van der Waals surface area contributed by atoms with Crippen LogP contribution in [-0.4, -0.2) is 20.0 Å². The summed E-state index contributed by atoms with van der Waals surface area (Å²) in [7, 11) is 0. The van der Waals surface area contributed by atoms with Crippen molar-refractivity contribution in [1.82, 2.24) is 20.0 Å². The number of benzene rings is 1. The van der Waals surface area contributed by atoms with E-state index in [1.165, 1.54) is 11.8 Å². The summed E-state index contributed by atoms with van der Waals surface area (Å²) < 4.78 is 1.78. The predicted molar refractivity (Wildman–Crippen MR) is 94.4 cm³/mol. The molecule has 0 amide bonds. The van der Waals surface area contributed by atoms with Crippen LogP contribution in [0.15, 0.2) is 47.8 Å². The second kappa shape index (κ2) is 7.53. The molecule has 0 N–H and O–H groups in total. The molecule has 0 aliphatic rings. The highest BCUT2D eigenvalue weighted by Crippen LogP contribution is 2.37. The van der Waals surface area contributed by atoms with Gasteiger partial charge in [0.15, 0.2) is 0 Å². The Morgan fingerprint density at radius 2 is 1.91 bits per heavy atom. The van der Waals surface area contributed by atoms with Gasteiger partial charge in [0.2, 0.25) is 0 Å². The van der Waals surface area contributed by atoms with Gasteiger partial charge in [-0.2, -0.15) is 0 Å². The fourth-order valence-electron chi connectivity index (χ4n) is 1.97. The third-order valence-electron chi connectivity index (χ3n) is 2.98. The average molecular weight is 386 g/mol. The molecule has 3 rings (SSSR count). The van der Waals surface area contributed by atoms with Crippen LogP contribution >= 0.6 is 46.6 Å². The summed E-state index contributed by atoms with van der Waals surface area (Å²) in [4.78, 5) is 4.88. The Balaban J connectivity index is 1.66. The highest BCUT2D eigenvalue weighted by molar-refractivity contribution is 7.98. The molecule has 2 aromatic heterocycles. The Labute approximate surface area is 152 Å². The van der Waals surface area contributed by atoms with Crippen LogP contribution in [0.25, 0.3) is 0 Å². The molecule has 0 spiro atoms. The monoisotopic (exact) mass is 384 g/mol. The molecule has 0 atom stereocenters. The van der Waals surface area contributed by atoms with Crippen LogP contribution in [0.4, 0.5) is 0 Å². The first-order valence-electron chi connectivity index (χ1n) is 6.67. The van der Waals surface area contributed by atoms with Gasteiger partial charge in [0.1, 0.15) is 0 Å². The maximum absolute atomic E-state index is 6.18. The van der Waals surface area contributed by atoms with E-state index in [2.05, 4.69) is 15.3 Å². The molecule has 2 heterocycles. The van der Waals surface area contributed by atoms with Gasteiger partial charge < -0.3 is 0 Å². The van der Waals surface area contributed by atoms with E-state index < -0.39 is 0 Å². The van der Waals surface area contributed by atoms with Crippen molar-refractivity contribution in [2.24, 2.45) is 0 Å². The highest BCUT2D eigenvalue weighted by Gasteiger charge is 2.10. The van der Waals surface area contributed by atoms with Crippen LogP contribution in [-0.2, 0) is 12.3 Å². The lowest BCUT2D eigenvalue weighted by Gasteiger charge is -2.06. The molecule has 0 radical (unpaired) electrons. The molecule has 0 saturated carbocycles. The van der Waals surface area contributed by atoms with E-state index in [1.807, 2.05) is 24.5 Å². The zero-order chi connectivity index (χ0) is 16.2. The second-order valence-electron chi connectivity index (χ2n) is 4.76. The lowest BCUT2D eigenvalue weighted by molar-refractivity contribution is 0.648. The second-order valence-corrected chi connectivity index (χ2v) is 6.99. The first kappa shape index (κ1) is 16.6. The quantitative estimate of drug-likeness (QED) is 0.581. The largest absolute Gasteiger partial charge is 0.264 e. The SMILES string of the molecule is Clc1cc(Cl)c(SCc2cn(Cc3cccnc3)nn2)c(Cl)c1. The Kier molecular flexibility index (Phi) is 5.43. The van der Waals surface area contributed by atoms with Crippen molar-refractivity contribution in [2.45, 2.75) is 17.2 Å². The van der Waals surface area contributed by atoms with Gasteiger partial charge in [0.05, 0.1) is 22.3 Å². The Bertz CT molecular complexity index is 784. The summed E-state index contributed by atoms with van der Waals surface area (Å²) in [6.07, 6.45) is 5.45. The van der Waals surface area contributed by atoms with Gasteiger partial charge in [-0.1, -0.05) is 46.1 Å². The number of nitrogens with zero attached hydrogens (tertiary/aromatic N) is 4. The first-order chi connectivity index (χ1) is 11.1. The van der Waals surface area contributed by atoms with Crippen LogP contribution in [0.2, 0.25) is 15.1 Å². The number of aromatic nitrogens is 4. The summed E-state index contributed by atoms with van der Waals surface area (Å²) in [5, 5.41) is 9.88. The molecule has 0 aliphatic carbocycles. The van der Waals surface area contributed by atoms with Gasteiger partial charge in [0.25, 0.3) is 0 Å². The zero-order valence-electron chi connectivity index (χ0n) is 11.8. The van der Waals surface area contributed by atoms with Crippen molar-refractivity contribution in [2.75, 3.05) is 0 Å². The molecule has 118 valence electrons. The van der Waals surface area contributed by atoms with Crippen LogP contribution in [0, 0.1) is 0 Å². The minimum Gasteiger partial charge on any atom is -0.264 e. The molecular formula is C15H11Cl3N4S. The van der Waals surface area contributed by atoms with Gasteiger partial charge >= 0.3 is 0 Å². The molecule has 4 nitrogen and oxygen atoms in total. The number of hydrogen-bond acceptors (Lipinski definition) is 4. The van der Waals surface area contributed by atoms with E-state index in [1.54, 1.807) is 23.0 Å². The normalized spacial score (nSPS) is 10.9. The van der Waals surface area contributed by atoms with Crippen LogP contribution in [0.5, 0.6) is 0 Å². The topological polar surface area (TPSA) is 43.6 Å². The number of hydrogen-bond donors (Lipinski definition) is 0. The van der Waals surface area contributed by atoms with E-state index >= 15 is 0 Å². The van der Waals surface area contributed by atoms with Crippen molar-refractivity contribution >= 4 is 46.6 Å². The summed E-state index contributed by atoms with van der Waals surface area (Å²) in [6.45, 7) is 0.633. The van der Waals surface area contributed by atoms with E-state index in [-0.39, 0.29) is 0 Å². The molecule has 8 heteroatoms. The lowest BCUT2D eigenvalue weighted by atomic mass is 10.3. The Morgan fingerprint density at radius 1 is 1.13 bits per heavy atom.